The number of carboxylic acids is 4. The van der Waals surface area contributed by atoms with Gasteiger partial charge in [-0.15, -0.1) is 13.1 Å². The van der Waals surface area contributed by atoms with Crippen molar-refractivity contribution in [1.82, 2.24) is 10.6 Å². The summed E-state index contributed by atoms with van der Waals surface area (Å²) in [6, 6.07) is 33.8. The van der Waals surface area contributed by atoms with Crippen molar-refractivity contribution < 1.29 is 79.2 Å². The van der Waals surface area contributed by atoms with Crippen molar-refractivity contribution in [1.29, 1.82) is 0 Å². The number of carboxylic acid groups (broad SMARTS) is 4. The molecular formula is C48H64Cl4Cu2N4O9. The van der Waals surface area contributed by atoms with E-state index >= 15 is 0 Å². The zero-order valence-electron chi connectivity index (χ0n) is 38.0. The average molecular weight is 1110 g/mol. The van der Waals surface area contributed by atoms with Crippen LogP contribution in [0.1, 0.15) is 101 Å². The summed E-state index contributed by atoms with van der Waals surface area (Å²) in [5.41, 5.74) is 4.98. The van der Waals surface area contributed by atoms with Crippen LogP contribution in [0.4, 0.5) is 0 Å². The average Bonchev–Trinajstić information content (AvgIpc) is 3.23. The molecule has 19 heteroatoms. The Morgan fingerprint density at radius 2 is 0.672 bits per heavy atom. The number of rotatable bonds is 12. The van der Waals surface area contributed by atoms with E-state index in [1.54, 1.807) is 0 Å². The molecule has 2 aliphatic carbocycles. The molecule has 2 fully saturated rings. The van der Waals surface area contributed by atoms with E-state index in [9.17, 15) is 0 Å². The Morgan fingerprint density at radius 1 is 0.463 bits per heavy atom. The Bertz CT molecular complexity index is 1630. The number of hydrogen-bond acceptors (Lipinski definition) is 6. The van der Waals surface area contributed by atoms with Gasteiger partial charge < -0.3 is 47.2 Å². The molecule has 0 saturated heterocycles. The largest absolute Gasteiger partial charge is 2.00 e. The van der Waals surface area contributed by atoms with Gasteiger partial charge in [-0.1, -0.05) is 145 Å². The van der Waals surface area contributed by atoms with E-state index in [4.69, 9.17) is 96.6 Å². The zero-order chi connectivity index (χ0) is 47.9. The van der Waals surface area contributed by atoms with Crippen LogP contribution in [0.2, 0.25) is 20.1 Å². The van der Waals surface area contributed by atoms with Crippen molar-refractivity contribution in [3.8, 4) is 0 Å². The van der Waals surface area contributed by atoms with E-state index in [-0.39, 0.29) is 39.6 Å². The SMILES string of the molecule is CC(=O)O.CC(=O)O.CC(=O)O.CC(=O)O.Clc1ccc(CN[C@@H]2CCCC[C@H]2NCc2ccc(Cl)cc2)cc1.Clc1ccc(C[N-][C@@H]2CCCC[C@H]2[N-]Cc2ccc(Cl)cc2)cc1.O.[Cu+2].[Cu]. The molecule has 0 spiro atoms. The molecule has 4 atom stereocenters. The van der Waals surface area contributed by atoms with Crippen molar-refractivity contribution in [2.24, 2.45) is 0 Å². The molecule has 2 radical (unpaired) electrons. The third-order valence-corrected chi connectivity index (χ3v) is 10.3. The molecule has 4 aromatic rings. The van der Waals surface area contributed by atoms with Crippen LogP contribution in [-0.4, -0.2) is 73.9 Å². The van der Waals surface area contributed by atoms with E-state index in [0.717, 1.165) is 86.8 Å². The number of aliphatic carboxylic acids is 4. The van der Waals surface area contributed by atoms with Gasteiger partial charge in [0.2, 0.25) is 0 Å². The van der Waals surface area contributed by atoms with E-state index < -0.39 is 23.9 Å². The minimum atomic E-state index is -0.833. The summed E-state index contributed by atoms with van der Waals surface area (Å²) in [6.45, 7) is 7.60. The van der Waals surface area contributed by atoms with Gasteiger partial charge in [0, 0.05) is 90.0 Å². The van der Waals surface area contributed by atoms with Crippen LogP contribution < -0.4 is 10.6 Å². The molecule has 380 valence electrons. The summed E-state index contributed by atoms with van der Waals surface area (Å²) in [5, 5.41) is 50.1. The van der Waals surface area contributed by atoms with Crippen LogP contribution in [-0.2, 0) is 79.5 Å². The van der Waals surface area contributed by atoms with Gasteiger partial charge in [0.15, 0.2) is 0 Å². The number of benzene rings is 4. The number of halogens is 4. The summed E-state index contributed by atoms with van der Waals surface area (Å²) in [5.74, 6) is -3.33. The van der Waals surface area contributed by atoms with Crippen LogP contribution in [0.5, 0.6) is 0 Å². The third-order valence-electron chi connectivity index (χ3n) is 9.27. The van der Waals surface area contributed by atoms with E-state index in [1.165, 1.54) is 60.8 Å². The van der Waals surface area contributed by atoms with Gasteiger partial charge in [-0.3, -0.25) is 19.2 Å². The molecule has 0 bridgehead atoms. The monoisotopic (exact) mass is 1110 g/mol. The minimum Gasteiger partial charge on any atom is -0.657 e. The van der Waals surface area contributed by atoms with Crippen molar-refractivity contribution in [2.75, 3.05) is 0 Å². The fourth-order valence-electron chi connectivity index (χ4n) is 6.46. The number of nitrogens with zero attached hydrogens (tertiary/aromatic N) is 2. The van der Waals surface area contributed by atoms with Gasteiger partial charge in [-0.05, 0) is 72.5 Å². The molecule has 0 unspecified atom stereocenters. The maximum Gasteiger partial charge on any atom is 2.00 e. The van der Waals surface area contributed by atoms with Crippen LogP contribution >= 0.6 is 46.4 Å². The summed E-state index contributed by atoms with van der Waals surface area (Å²) in [7, 11) is 0. The first-order valence-corrected chi connectivity index (χ1v) is 22.4. The van der Waals surface area contributed by atoms with Crippen molar-refractivity contribution >= 4 is 70.3 Å². The molecule has 6 rings (SSSR count). The van der Waals surface area contributed by atoms with Crippen LogP contribution in [0.3, 0.4) is 0 Å². The standard InChI is InChI=1S/C20H24Cl2N2.C20H22Cl2N2.4C2H4O2.2Cu.H2O/c2*21-17-9-5-15(6-10-17)13-23-19-3-1-2-4-20(19)24-14-16-7-11-18(22)12-8-16;4*1-2(3)4;;;/h5-12,19-20,23-24H,1-4,13-14H2;5-12,19-20H,1-4,13-14H2;4*1H3,(H,3,4);;;1H2/q;-2;;;;;;+2;/t2*19-,20-;;;;;;;/m11......./s1. The summed E-state index contributed by atoms with van der Waals surface area (Å²) in [6.07, 6.45) is 9.85. The zero-order valence-corrected chi connectivity index (χ0v) is 42.9. The van der Waals surface area contributed by atoms with Gasteiger partial charge in [0.1, 0.15) is 0 Å². The summed E-state index contributed by atoms with van der Waals surface area (Å²) >= 11 is 23.8. The third kappa shape index (κ3) is 37.4. The minimum absolute atomic E-state index is 0. The van der Waals surface area contributed by atoms with Crippen LogP contribution in [0.25, 0.3) is 10.6 Å². The molecule has 67 heavy (non-hydrogen) atoms. The Balaban J connectivity index is -0.000000896. The number of carbonyl (C=O) groups is 4. The molecule has 4 aromatic carbocycles. The van der Waals surface area contributed by atoms with Gasteiger partial charge in [-0.2, -0.15) is 12.1 Å². The second kappa shape index (κ2) is 40.6. The fraction of sp³-hybridized carbons (Fsp3) is 0.417. The molecule has 0 heterocycles. The maximum atomic E-state index is 9.00. The number of hydrogen-bond donors (Lipinski definition) is 6. The first-order valence-electron chi connectivity index (χ1n) is 20.9. The number of nitrogens with one attached hydrogen (secondary N) is 2. The van der Waals surface area contributed by atoms with E-state index in [1.807, 2.05) is 48.5 Å². The Morgan fingerprint density at radius 3 is 0.910 bits per heavy atom. The predicted molar refractivity (Wildman–Crippen MR) is 263 cm³/mol. The molecule has 0 amide bonds. The normalized spacial score (nSPS) is 16.5. The van der Waals surface area contributed by atoms with Gasteiger partial charge >= 0.3 is 17.1 Å². The molecule has 2 aliphatic rings. The maximum absolute atomic E-state index is 9.00. The molecule has 0 aliphatic heterocycles. The Labute approximate surface area is 436 Å². The van der Waals surface area contributed by atoms with Crippen LogP contribution in [0, 0.1) is 0 Å². The van der Waals surface area contributed by atoms with Gasteiger partial charge in [0.05, 0.1) is 0 Å². The fourth-order valence-corrected chi connectivity index (χ4v) is 6.97. The van der Waals surface area contributed by atoms with Crippen molar-refractivity contribution in [3.63, 3.8) is 0 Å². The summed E-state index contributed by atoms with van der Waals surface area (Å²) < 4.78 is 0. The molecule has 0 aromatic heterocycles. The smallest absolute Gasteiger partial charge is 0.657 e. The topological polar surface area (TPSA) is 233 Å². The second-order valence-electron chi connectivity index (χ2n) is 14.9. The Kier molecular flexibility index (Phi) is 41.2. The van der Waals surface area contributed by atoms with Gasteiger partial charge in [-0.25, -0.2) is 0 Å². The van der Waals surface area contributed by atoms with Crippen molar-refractivity contribution in [3.05, 3.63) is 150 Å². The molecule has 13 nitrogen and oxygen atoms in total. The van der Waals surface area contributed by atoms with Gasteiger partial charge in [0.25, 0.3) is 23.9 Å². The van der Waals surface area contributed by atoms with Crippen LogP contribution in [0.15, 0.2) is 97.1 Å². The van der Waals surface area contributed by atoms with Crippen molar-refractivity contribution in [2.45, 2.75) is 129 Å². The second-order valence-corrected chi connectivity index (χ2v) is 16.7. The first-order chi connectivity index (χ1) is 30.3. The molecular weight excluding hydrogens is 1050 g/mol. The Hall–Kier alpha value is -3.24. The quantitative estimate of drug-likeness (QED) is 0.0735. The molecule has 8 N–H and O–H groups in total. The first kappa shape index (κ1) is 68.0. The van der Waals surface area contributed by atoms with E-state index in [0.29, 0.717) is 24.2 Å². The summed E-state index contributed by atoms with van der Waals surface area (Å²) in [4.78, 5) is 36.0. The molecule has 2 saturated carbocycles. The van der Waals surface area contributed by atoms with E-state index in [2.05, 4.69) is 59.2 Å². The predicted octanol–water partition coefficient (Wildman–Crippen LogP) is 11.5.